The molecule has 8 heteroatoms. The van der Waals surface area contributed by atoms with Gasteiger partial charge < -0.3 is 10.6 Å². The van der Waals surface area contributed by atoms with Crippen molar-refractivity contribution in [2.75, 3.05) is 19.6 Å². The Bertz CT molecular complexity index is 683. The van der Waals surface area contributed by atoms with Crippen molar-refractivity contribution in [2.24, 2.45) is 5.92 Å². The fraction of sp³-hybridized carbons (Fsp3) is 0.438. The molecule has 1 fully saturated rings. The van der Waals surface area contributed by atoms with Crippen LogP contribution in [-0.4, -0.2) is 48.3 Å². The molecular formula is C16H19BrClN3O3. The molecule has 130 valence electrons. The largest absolute Gasteiger partial charge is 0.350 e. The first-order valence-electron chi connectivity index (χ1n) is 7.63. The molecule has 0 spiro atoms. The van der Waals surface area contributed by atoms with Crippen LogP contribution in [0.3, 0.4) is 0 Å². The molecule has 2 atom stereocenters. The number of nitrogens with zero attached hydrogens (tertiary/aromatic N) is 1. The zero-order valence-electron chi connectivity index (χ0n) is 13.2. The van der Waals surface area contributed by atoms with Gasteiger partial charge in [-0.2, -0.15) is 0 Å². The minimum absolute atomic E-state index is 0. The molecule has 2 N–H and O–H groups in total. The Hall–Kier alpha value is -1.44. The lowest BCUT2D eigenvalue weighted by Gasteiger charge is -2.30. The molecule has 2 aliphatic heterocycles. The molecule has 6 nitrogen and oxygen atoms in total. The Labute approximate surface area is 154 Å². The first kappa shape index (κ1) is 18.9. The van der Waals surface area contributed by atoms with Crippen LogP contribution in [-0.2, 0) is 4.79 Å². The summed E-state index contributed by atoms with van der Waals surface area (Å²) in [5.41, 5.74) is 0.684. The summed E-state index contributed by atoms with van der Waals surface area (Å²) in [5, 5.41) is 6.15. The molecule has 0 radical (unpaired) electrons. The van der Waals surface area contributed by atoms with Crippen LogP contribution in [0, 0.1) is 5.92 Å². The number of halogens is 2. The van der Waals surface area contributed by atoms with Crippen molar-refractivity contribution in [3.63, 3.8) is 0 Å². The number of imide groups is 1. The number of hydrogen-bond acceptors (Lipinski definition) is 4. The van der Waals surface area contributed by atoms with Crippen molar-refractivity contribution in [3.05, 3.63) is 33.8 Å². The quantitative estimate of drug-likeness (QED) is 0.734. The van der Waals surface area contributed by atoms with Crippen molar-refractivity contribution in [3.8, 4) is 0 Å². The van der Waals surface area contributed by atoms with Gasteiger partial charge in [-0.15, -0.1) is 12.4 Å². The summed E-state index contributed by atoms with van der Waals surface area (Å²) in [5.74, 6) is -0.767. The number of piperidine rings is 1. The average molecular weight is 417 g/mol. The molecule has 0 saturated carbocycles. The number of amides is 3. The van der Waals surface area contributed by atoms with E-state index in [1.807, 2.05) is 0 Å². The molecular weight excluding hydrogens is 398 g/mol. The summed E-state index contributed by atoms with van der Waals surface area (Å²) < 4.78 is 0.728. The highest BCUT2D eigenvalue weighted by molar-refractivity contribution is 9.10. The van der Waals surface area contributed by atoms with E-state index in [0.717, 1.165) is 22.3 Å². The summed E-state index contributed by atoms with van der Waals surface area (Å²) in [7, 11) is 0. The van der Waals surface area contributed by atoms with E-state index in [-0.39, 0.29) is 30.9 Å². The molecule has 0 bridgehead atoms. The van der Waals surface area contributed by atoms with E-state index < -0.39 is 11.8 Å². The normalized spacial score (nSPS) is 22.8. The third-order valence-electron chi connectivity index (χ3n) is 4.41. The van der Waals surface area contributed by atoms with Crippen LogP contribution in [0.4, 0.5) is 0 Å². The number of nitrogens with one attached hydrogen (secondary N) is 2. The summed E-state index contributed by atoms with van der Waals surface area (Å²) in [6.07, 6.45) is 0.992. The van der Waals surface area contributed by atoms with Crippen LogP contribution in [0.2, 0.25) is 0 Å². The van der Waals surface area contributed by atoms with Crippen molar-refractivity contribution in [1.82, 2.24) is 15.5 Å². The van der Waals surface area contributed by atoms with Crippen LogP contribution in [0.1, 0.15) is 34.1 Å². The molecule has 2 heterocycles. The fourth-order valence-electron chi connectivity index (χ4n) is 2.99. The summed E-state index contributed by atoms with van der Waals surface area (Å²) in [6, 6.07) is 4.95. The summed E-state index contributed by atoms with van der Waals surface area (Å²) in [4.78, 5) is 37.9. The predicted octanol–water partition coefficient (Wildman–Crippen LogP) is 1.58. The molecule has 2 unspecified atom stereocenters. The van der Waals surface area contributed by atoms with Crippen LogP contribution in [0.15, 0.2) is 22.7 Å². The van der Waals surface area contributed by atoms with Gasteiger partial charge in [0.25, 0.3) is 11.8 Å². The second-order valence-corrected chi connectivity index (χ2v) is 6.95. The highest BCUT2D eigenvalue weighted by atomic mass is 79.9. The Morgan fingerprint density at radius 2 is 2.04 bits per heavy atom. The predicted molar refractivity (Wildman–Crippen MR) is 95.3 cm³/mol. The van der Waals surface area contributed by atoms with E-state index in [4.69, 9.17) is 0 Å². The van der Waals surface area contributed by atoms with Crippen molar-refractivity contribution in [2.45, 2.75) is 19.4 Å². The molecule has 0 aliphatic carbocycles. The van der Waals surface area contributed by atoms with Gasteiger partial charge in [0.1, 0.15) is 6.54 Å². The van der Waals surface area contributed by atoms with Gasteiger partial charge in [0.2, 0.25) is 5.91 Å². The number of benzene rings is 1. The third kappa shape index (κ3) is 3.63. The van der Waals surface area contributed by atoms with Gasteiger partial charge in [0, 0.05) is 17.1 Å². The van der Waals surface area contributed by atoms with Gasteiger partial charge in [-0.3, -0.25) is 19.3 Å². The molecule has 2 aliphatic rings. The number of rotatable bonds is 3. The van der Waals surface area contributed by atoms with Gasteiger partial charge >= 0.3 is 0 Å². The smallest absolute Gasteiger partial charge is 0.262 e. The number of hydrogen-bond donors (Lipinski definition) is 2. The van der Waals surface area contributed by atoms with E-state index in [9.17, 15) is 14.4 Å². The Kier molecular flexibility index (Phi) is 6.01. The van der Waals surface area contributed by atoms with E-state index in [2.05, 4.69) is 33.5 Å². The topological polar surface area (TPSA) is 78.5 Å². The molecule has 3 rings (SSSR count). The highest BCUT2D eigenvalue weighted by Crippen LogP contribution is 2.25. The Morgan fingerprint density at radius 3 is 2.75 bits per heavy atom. The second-order valence-electron chi connectivity index (χ2n) is 6.03. The second kappa shape index (κ2) is 7.63. The zero-order chi connectivity index (χ0) is 16.6. The Morgan fingerprint density at radius 1 is 1.33 bits per heavy atom. The van der Waals surface area contributed by atoms with Gasteiger partial charge in [-0.05, 0) is 37.1 Å². The van der Waals surface area contributed by atoms with Crippen molar-refractivity contribution >= 4 is 46.1 Å². The molecule has 1 saturated heterocycles. The highest BCUT2D eigenvalue weighted by Gasteiger charge is 2.37. The SMILES string of the molecule is CC1CCNCC1NC(=O)CN1C(=O)c2ccc(Br)cc2C1=O.Cl. The van der Waals surface area contributed by atoms with Crippen LogP contribution in [0.5, 0.6) is 0 Å². The lowest BCUT2D eigenvalue weighted by molar-refractivity contribution is -0.122. The zero-order valence-corrected chi connectivity index (χ0v) is 15.6. The maximum absolute atomic E-state index is 12.3. The van der Waals surface area contributed by atoms with E-state index in [1.54, 1.807) is 18.2 Å². The van der Waals surface area contributed by atoms with Gasteiger partial charge in [0.15, 0.2) is 0 Å². The number of carbonyl (C=O) groups excluding carboxylic acids is 3. The number of carbonyl (C=O) groups is 3. The lowest BCUT2D eigenvalue weighted by atomic mass is 9.95. The summed E-state index contributed by atoms with van der Waals surface area (Å²) in [6.45, 7) is 3.50. The molecule has 3 amide bonds. The minimum Gasteiger partial charge on any atom is -0.350 e. The van der Waals surface area contributed by atoms with Crippen molar-refractivity contribution < 1.29 is 14.4 Å². The van der Waals surface area contributed by atoms with Gasteiger partial charge in [0.05, 0.1) is 11.1 Å². The maximum Gasteiger partial charge on any atom is 0.262 e. The van der Waals surface area contributed by atoms with E-state index in [0.29, 0.717) is 23.6 Å². The van der Waals surface area contributed by atoms with E-state index >= 15 is 0 Å². The standard InChI is InChI=1S/C16H18BrN3O3.ClH/c1-9-4-5-18-7-13(9)19-14(21)8-20-15(22)11-3-2-10(17)6-12(11)16(20)23;/h2-3,6,9,13,18H,4-5,7-8H2,1H3,(H,19,21);1H. The molecule has 1 aromatic carbocycles. The lowest BCUT2D eigenvalue weighted by Crippen LogP contribution is -2.52. The van der Waals surface area contributed by atoms with Crippen molar-refractivity contribution in [1.29, 1.82) is 0 Å². The molecule has 0 aromatic heterocycles. The third-order valence-corrected chi connectivity index (χ3v) is 4.90. The monoisotopic (exact) mass is 415 g/mol. The van der Waals surface area contributed by atoms with Crippen LogP contribution < -0.4 is 10.6 Å². The van der Waals surface area contributed by atoms with Crippen LogP contribution >= 0.6 is 28.3 Å². The fourth-order valence-corrected chi connectivity index (χ4v) is 3.35. The molecule has 1 aromatic rings. The Balaban J connectivity index is 0.00000208. The number of fused-ring (bicyclic) bond motifs is 1. The first-order chi connectivity index (χ1) is 11.0. The van der Waals surface area contributed by atoms with Gasteiger partial charge in [-0.25, -0.2) is 0 Å². The summed E-state index contributed by atoms with van der Waals surface area (Å²) >= 11 is 3.29. The average Bonchev–Trinajstić information content (AvgIpc) is 2.74. The molecule has 24 heavy (non-hydrogen) atoms. The van der Waals surface area contributed by atoms with E-state index in [1.165, 1.54) is 0 Å². The maximum atomic E-state index is 12.3. The van der Waals surface area contributed by atoms with Gasteiger partial charge in [-0.1, -0.05) is 22.9 Å². The first-order valence-corrected chi connectivity index (χ1v) is 8.42. The minimum atomic E-state index is -0.420. The van der Waals surface area contributed by atoms with Crippen LogP contribution in [0.25, 0.3) is 0 Å².